The molecule has 14 nitrogen and oxygen atoms in total. The van der Waals surface area contributed by atoms with Crippen molar-refractivity contribution in [2.24, 2.45) is 5.41 Å². The molecule has 19 heteroatoms. The molecule has 3 aromatic heterocycles. The van der Waals surface area contributed by atoms with Gasteiger partial charge in [-0.3, -0.25) is 9.48 Å². The zero-order chi connectivity index (χ0) is 36.1. The number of amides is 1. The summed E-state index contributed by atoms with van der Waals surface area (Å²) in [5, 5.41) is 22.4. The van der Waals surface area contributed by atoms with E-state index in [4.69, 9.17) is 12.5 Å². The van der Waals surface area contributed by atoms with E-state index in [0.717, 1.165) is 5.56 Å². The third-order valence-corrected chi connectivity index (χ3v) is 12.3. The second kappa shape index (κ2) is 15.9. The molecule has 1 aliphatic rings. The molecule has 0 aliphatic carbocycles. The van der Waals surface area contributed by atoms with E-state index in [1.165, 1.54) is 20.2 Å². The molecule has 1 unspecified atom stereocenters. The number of benzene rings is 1. The predicted octanol–water partition coefficient (Wildman–Crippen LogP) is 2.21. The number of methoxy groups -OCH3 is 1. The van der Waals surface area contributed by atoms with Gasteiger partial charge in [0.2, 0.25) is 0 Å². The number of hydrogen-bond donors (Lipinski definition) is 4. The van der Waals surface area contributed by atoms with Crippen LogP contribution in [-0.4, -0.2) is 76.3 Å². The molecule has 1 aliphatic heterocycles. The van der Waals surface area contributed by atoms with Gasteiger partial charge in [-0.2, -0.15) is 18.3 Å². The molecule has 4 heterocycles. The van der Waals surface area contributed by atoms with E-state index < -0.39 is 55.4 Å². The number of aryl methyl sites for hydroxylation is 1. The molecule has 5 rings (SSSR count). The van der Waals surface area contributed by atoms with Crippen molar-refractivity contribution in [3.8, 4) is 17.0 Å². The Morgan fingerprint density at radius 1 is 1.18 bits per heavy atom. The number of aliphatic hydroxyl groups is 1. The first-order valence-electron chi connectivity index (χ1n) is 15.2. The van der Waals surface area contributed by atoms with E-state index in [0.29, 0.717) is 67.1 Å². The number of nitrogens with zero attached hydrogens (tertiary/aromatic N) is 5. The SMILES string of the molecule is CCO[I-][P+](=O)Cc1ccc(Nc2ncc(C(F)(F)F)c(Nc3ccc(-c4cn(CC5(CO)COC5)nc4C)nc3C(=O)NC)n2)c(OC)c1. The summed E-state index contributed by atoms with van der Waals surface area (Å²) in [5.74, 6) is -1.12. The topological polar surface area (TPSA) is 175 Å². The van der Waals surface area contributed by atoms with Crippen molar-refractivity contribution in [2.75, 3.05) is 51.2 Å². The minimum atomic E-state index is -4.84. The van der Waals surface area contributed by atoms with Crippen molar-refractivity contribution in [2.45, 2.75) is 32.7 Å². The van der Waals surface area contributed by atoms with Gasteiger partial charge in [0.1, 0.15) is 0 Å². The normalized spacial score (nSPS) is 14.2. The summed E-state index contributed by atoms with van der Waals surface area (Å²) in [4.78, 5) is 25.5. The van der Waals surface area contributed by atoms with Crippen molar-refractivity contribution in [3.63, 3.8) is 0 Å². The van der Waals surface area contributed by atoms with Crippen LogP contribution in [0.4, 0.5) is 36.3 Å². The van der Waals surface area contributed by atoms with Crippen LogP contribution in [0.1, 0.15) is 34.2 Å². The Morgan fingerprint density at radius 3 is 2.58 bits per heavy atom. The number of alkyl halides is 3. The molecule has 0 spiro atoms. The minimum absolute atomic E-state index is 0.0370. The maximum atomic E-state index is 14.2. The Balaban J connectivity index is 1.44. The molecule has 4 N–H and O–H groups in total. The molecule has 0 radical (unpaired) electrons. The van der Waals surface area contributed by atoms with Gasteiger partial charge >= 0.3 is 157 Å². The van der Waals surface area contributed by atoms with Crippen molar-refractivity contribution in [1.82, 2.24) is 30.0 Å². The fraction of sp³-hybridized carbons (Fsp3) is 0.387. The summed E-state index contributed by atoms with van der Waals surface area (Å²) in [6.07, 6.45) is -2.18. The van der Waals surface area contributed by atoms with Gasteiger partial charge in [0, 0.05) is 18.8 Å². The summed E-state index contributed by atoms with van der Waals surface area (Å²) >= 11 is -0.903. The van der Waals surface area contributed by atoms with Crippen LogP contribution in [0.15, 0.2) is 42.7 Å². The monoisotopic (exact) mass is 830 g/mol. The van der Waals surface area contributed by atoms with E-state index in [-0.39, 0.29) is 23.9 Å². The van der Waals surface area contributed by atoms with E-state index in [2.05, 4.69) is 36.0 Å². The number of anilines is 4. The molecular formula is C31H35F3IN8O6P. The van der Waals surface area contributed by atoms with E-state index in [9.17, 15) is 27.6 Å². The van der Waals surface area contributed by atoms with Gasteiger partial charge < -0.3 is 15.2 Å². The number of carbonyl (C=O) groups excluding carboxylic acids is 1. The number of aliphatic hydroxyl groups excluding tert-OH is 1. The second-order valence-corrected chi connectivity index (χ2v) is 17.5. The van der Waals surface area contributed by atoms with Crippen molar-refractivity contribution in [3.05, 3.63) is 65.2 Å². The first kappa shape index (κ1) is 37.3. The summed E-state index contributed by atoms with van der Waals surface area (Å²) < 4.78 is 72.6. The molecule has 0 saturated carbocycles. The van der Waals surface area contributed by atoms with Crippen LogP contribution >= 0.6 is 5.44 Å². The van der Waals surface area contributed by atoms with Crippen LogP contribution in [0.3, 0.4) is 0 Å². The Hall–Kier alpha value is -3.97. The Kier molecular flexibility index (Phi) is 11.9. The standard InChI is InChI=1S/C31H35F3IN8O6P/c1-5-49-35-50(46)13-19-6-7-23(25(10-19)47-4)40-29-37-11-21(31(32,33)34)27(41-29)39-24-9-8-22(38-26(24)28(45)36-3)20-12-43(42-18(20)2)14-30(15-44)16-48-17-30/h6-12,44H,5,13-17H2,1-4H3,(H,36,45)(H2,37,39,40,41). The van der Waals surface area contributed by atoms with Crippen LogP contribution in [0.5, 0.6) is 5.75 Å². The maximum absolute atomic E-state index is 14.2. The molecular weight excluding hydrogens is 795 g/mol. The number of halogens is 4. The fourth-order valence-corrected chi connectivity index (χ4v) is 9.13. The molecule has 1 saturated heterocycles. The first-order valence-corrected chi connectivity index (χ1v) is 20.3. The van der Waals surface area contributed by atoms with Gasteiger partial charge in [-0.05, 0) is 19.1 Å². The first-order chi connectivity index (χ1) is 23.9. The Morgan fingerprint density at radius 2 is 1.94 bits per heavy atom. The third kappa shape index (κ3) is 8.66. The number of nitrogens with one attached hydrogen (secondary N) is 3. The number of rotatable bonds is 15. The quantitative estimate of drug-likeness (QED) is 0.102. The van der Waals surface area contributed by atoms with Crippen LogP contribution < -0.4 is 41.8 Å². The average Bonchev–Trinajstić information content (AvgIpc) is 3.44. The molecule has 1 aromatic carbocycles. The molecule has 1 fully saturated rings. The average molecular weight is 831 g/mol. The summed E-state index contributed by atoms with van der Waals surface area (Å²) in [5.41, 5.74) is -0.701. The number of hydrogen-bond acceptors (Lipinski definition) is 12. The Labute approximate surface area is 296 Å². The molecule has 1 amide bonds. The number of pyridine rings is 1. The van der Waals surface area contributed by atoms with Gasteiger partial charge in [0.15, 0.2) is 5.69 Å². The molecule has 4 aromatic rings. The third-order valence-electron chi connectivity index (χ3n) is 7.61. The fourth-order valence-electron chi connectivity index (χ4n) is 5.02. The number of aromatic nitrogens is 5. The predicted molar refractivity (Wildman–Crippen MR) is 173 cm³/mol. The van der Waals surface area contributed by atoms with Gasteiger partial charge in [-0.1, -0.05) is 0 Å². The van der Waals surface area contributed by atoms with Crippen molar-refractivity contribution >= 4 is 34.5 Å². The van der Waals surface area contributed by atoms with Crippen LogP contribution in [0.2, 0.25) is 0 Å². The summed E-state index contributed by atoms with van der Waals surface area (Å²) in [7, 11) is 2.81. The number of carbonyl (C=O) groups is 1. The van der Waals surface area contributed by atoms with Crippen LogP contribution in [0, 0.1) is 12.3 Å². The molecule has 0 bridgehead atoms. The summed E-state index contributed by atoms with van der Waals surface area (Å²) in [6.45, 7) is 5.24. The van der Waals surface area contributed by atoms with E-state index in [1.807, 2.05) is 6.92 Å². The van der Waals surface area contributed by atoms with Gasteiger partial charge in [0.05, 0.1) is 43.2 Å². The van der Waals surface area contributed by atoms with Gasteiger partial charge in [-0.25, -0.2) is 4.98 Å². The van der Waals surface area contributed by atoms with Crippen molar-refractivity contribution in [1.29, 1.82) is 0 Å². The Bertz CT molecular complexity index is 1870. The van der Waals surface area contributed by atoms with Gasteiger partial charge in [0.25, 0.3) is 5.91 Å². The van der Waals surface area contributed by atoms with E-state index >= 15 is 0 Å². The molecule has 268 valence electrons. The van der Waals surface area contributed by atoms with Crippen molar-refractivity contribution < 1.29 is 61.2 Å². The van der Waals surface area contributed by atoms with E-state index in [1.54, 1.807) is 42.1 Å². The molecule has 1 atom stereocenters. The van der Waals surface area contributed by atoms with Crippen LogP contribution in [0.25, 0.3) is 11.3 Å². The zero-order valence-electron chi connectivity index (χ0n) is 27.5. The zero-order valence-corrected chi connectivity index (χ0v) is 30.5. The van der Waals surface area contributed by atoms with Crippen LogP contribution in [-0.2, 0) is 31.3 Å². The van der Waals surface area contributed by atoms with Gasteiger partial charge in [-0.15, -0.1) is 0 Å². The summed E-state index contributed by atoms with van der Waals surface area (Å²) in [6, 6.07) is 8.02. The number of ether oxygens (including phenoxy) is 2. The second-order valence-electron chi connectivity index (χ2n) is 11.3. The molecule has 50 heavy (non-hydrogen) atoms.